The molecule has 1 unspecified atom stereocenters. The second-order valence-corrected chi connectivity index (χ2v) is 11.4. The molecule has 0 heterocycles. The standard InChI is InChI=1S/C29H35N3O6S/c1-21(33)31-27(20-39(36,37)25-14-7-4-8-15-25)29(35)32(18-23-12-9-13-24(16-23)38-2)19-28(34)26(30)17-22-10-5-3-6-11-22/h3-16,26-28,34H,17-20,30H2,1-2H3,(H,31,33)/t26-,27?,28+/m0/s1. The molecule has 0 aliphatic rings. The molecule has 0 aromatic heterocycles. The fraction of sp³-hybridized carbons (Fsp3) is 0.310. The number of nitrogens with two attached hydrogens (primary N) is 1. The van der Waals surface area contributed by atoms with Crippen molar-refractivity contribution in [2.45, 2.75) is 43.0 Å². The van der Waals surface area contributed by atoms with Crippen LogP contribution < -0.4 is 15.8 Å². The monoisotopic (exact) mass is 553 g/mol. The number of carbonyl (C=O) groups excluding carboxylic acids is 2. The summed E-state index contributed by atoms with van der Waals surface area (Å²) in [5, 5.41) is 13.5. The first-order valence-corrected chi connectivity index (χ1v) is 14.2. The molecule has 0 saturated carbocycles. The number of ether oxygens (including phenoxy) is 1. The third-order valence-electron chi connectivity index (χ3n) is 6.20. The Morgan fingerprint density at radius 3 is 2.21 bits per heavy atom. The van der Waals surface area contributed by atoms with Crippen molar-refractivity contribution in [3.05, 3.63) is 96.1 Å². The average molecular weight is 554 g/mol. The summed E-state index contributed by atoms with van der Waals surface area (Å²) in [5.41, 5.74) is 7.92. The first-order chi connectivity index (χ1) is 18.6. The van der Waals surface area contributed by atoms with Crippen molar-refractivity contribution in [3.63, 3.8) is 0 Å². The van der Waals surface area contributed by atoms with Gasteiger partial charge in [0.2, 0.25) is 11.8 Å². The van der Waals surface area contributed by atoms with Crippen molar-refractivity contribution in [1.82, 2.24) is 10.2 Å². The predicted molar refractivity (Wildman–Crippen MR) is 149 cm³/mol. The molecule has 0 aliphatic carbocycles. The Kier molecular flexibility index (Phi) is 10.6. The minimum atomic E-state index is -3.92. The van der Waals surface area contributed by atoms with E-state index in [1.54, 1.807) is 42.5 Å². The summed E-state index contributed by atoms with van der Waals surface area (Å²) < 4.78 is 31.5. The lowest BCUT2D eigenvalue weighted by Gasteiger charge is -2.31. The number of hydrogen-bond acceptors (Lipinski definition) is 7. The van der Waals surface area contributed by atoms with Gasteiger partial charge in [0.1, 0.15) is 11.8 Å². The average Bonchev–Trinajstić information content (AvgIpc) is 2.92. The topological polar surface area (TPSA) is 139 Å². The van der Waals surface area contributed by atoms with Gasteiger partial charge in [0, 0.05) is 26.1 Å². The quantitative estimate of drug-likeness (QED) is 0.294. The maximum absolute atomic E-state index is 13.8. The van der Waals surface area contributed by atoms with Crippen LogP contribution in [0.4, 0.5) is 0 Å². The largest absolute Gasteiger partial charge is 0.497 e. The molecule has 0 aliphatic heterocycles. The van der Waals surface area contributed by atoms with Gasteiger partial charge in [0.05, 0.1) is 23.9 Å². The van der Waals surface area contributed by atoms with Gasteiger partial charge in [0.25, 0.3) is 0 Å². The Morgan fingerprint density at radius 1 is 0.974 bits per heavy atom. The molecule has 0 radical (unpaired) electrons. The van der Waals surface area contributed by atoms with Gasteiger partial charge >= 0.3 is 0 Å². The van der Waals surface area contributed by atoms with Gasteiger partial charge in [-0.3, -0.25) is 9.59 Å². The highest BCUT2D eigenvalue weighted by atomic mass is 32.2. The molecule has 0 bridgehead atoms. The van der Waals surface area contributed by atoms with E-state index in [4.69, 9.17) is 10.5 Å². The lowest BCUT2D eigenvalue weighted by atomic mass is 10.0. The third-order valence-corrected chi connectivity index (χ3v) is 7.96. The number of aliphatic hydroxyl groups is 1. The summed E-state index contributed by atoms with van der Waals surface area (Å²) in [6, 6.07) is 22.1. The maximum Gasteiger partial charge on any atom is 0.246 e. The molecule has 3 aromatic rings. The number of methoxy groups -OCH3 is 1. The molecule has 0 spiro atoms. The van der Waals surface area contributed by atoms with Crippen LogP contribution in [0, 0.1) is 0 Å². The fourth-order valence-electron chi connectivity index (χ4n) is 4.19. The van der Waals surface area contributed by atoms with Crippen LogP contribution >= 0.6 is 0 Å². The number of hydrogen-bond donors (Lipinski definition) is 3. The van der Waals surface area contributed by atoms with E-state index in [0.29, 0.717) is 17.7 Å². The molecular formula is C29H35N3O6S. The molecule has 3 rings (SSSR count). The van der Waals surface area contributed by atoms with Gasteiger partial charge in [-0.2, -0.15) is 0 Å². The van der Waals surface area contributed by atoms with E-state index >= 15 is 0 Å². The zero-order valence-electron chi connectivity index (χ0n) is 22.1. The number of sulfone groups is 1. The predicted octanol–water partition coefficient (Wildman–Crippen LogP) is 1.93. The van der Waals surface area contributed by atoms with E-state index in [2.05, 4.69) is 5.32 Å². The molecule has 2 amide bonds. The van der Waals surface area contributed by atoms with Crippen molar-refractivity contribution in [2.75, 3.05) is 19.4 Å². The Bertz CT molecular complexity index is 1340. The van der Waals surface area contributed by atoms with E-state index in [1.165, 1.54) is 31.1 Å². The molecular weight excluding hydrogens is 518 g/mol. The lowest BCUT2D eigenvalue weighted by molar-refractivity contribution is -0.137. The number of carbonyl (C=O) groups is 2. The molecule has 3 aromatic carbocycles. The first-order valence-electron chi connectivity index (χ1n) is 12.5. The Labute approximate surface area is 229 Å². The van der Waals surface area contributed by atoms with E-state index in [9.17, 15) is 23.1 Å². The van der Waals surface area contributed by atoms with Gasteiger partial charge in [-0.25, -0.2) is 8.42 Å². The second kappa shape index (κ2) is 13.9. The molecule has 0 saturated heterocycles. The molecule has 3 atom stereocenters. The number of nitrogens with one attached hydrogen (secondary N) is 1. The van der Waals surface area contributed by atoms with Crippen LogP contribution in [0.2, 0.25) is 0 Å². The maximum atomic E-state index is 13.8. The highest BCUT2D eigenvalue weighted by molar-refractivity contribution is 7.91. The van der Waals surface area contributed by atoms with Crippen LogP contribution in [-0.4, -0.2) is 67.8 Å². The van der Waals surface area contributed by atoms with E-state index in [-0.39, 0.29) is 18.0 Å². The van der Waals surface area contributed by atoms with Crippen molar-refractivity contribution >= 4 is 21.7 Å². The smallest absolute Gasteiger partial charge is 0.246 e. The summed E-state index contributed by atoms with van der Waals surface area (Å²) in [4.78, 5) is 27.2. The molecule has 9 nitrogen and oxygen atoms in total. The fourth-order valence-corrected chi connectivity index (χ4v) is 5.62. The second-order valence-electron chi connectivity index (χ2n) is 9.34. The number of rotatable bonds is 13. The summed E-state index contributed by atoms with van der Waals surface area (Å²) in [6.45, 7) is 1.07. The van der Waals surface area contributed by atoms with Crippen molar-refractivity contribution in [1.29, 1.82) is 0 Å². The van der Waals surface area contributed by atoms with Crippen molar-refractivity contribution in [2.24, 2.45) is 5.73 Å². The molecule has 39 heavy (non-hydrogen) atoms. The lowest BCUT2D eigenvalue weighted by Crippen LogP contribution is -2.54. The summed E-state index contributed by atoms with van der Waals surface area (Å²) in [6.07, 6.45) is -0.746. The van der Waals surface area contributed by atoms with Gasteiger partial charge in [-0.1, -0.05) is 60.7 Å². The van der Waals surface area contributed by atoms with Crippen LogP contribution in [0.25, 0.3) is 0 Å². The minimum absolute atomic E-state index is 0.0343. The minimum Gasteiger partial charge on any atom is -0.497 e. The van der Waals surface area contributed by atoms with Crippen LogP contribution in [0.3, 0.4) is 0 Å². The number of amides is 2. The number of nitrogens with zero attached hydrogens (tertiary/aromatic N) is 1. The van der Waals surface area contributed by atoms with Gasteiger partial charge in [-0.15, -0.1) is 0 Å². The SMILES string of the molecule is COc1cccc(CN(C[C@@H](O)[C@@H](N)Cc2ccccc2)C(=O)C(CS(=O)(=O)c2ccccc2)NC(C)=O)c1. The Hall–Kier alpha value is -3.73. The van der Waals surface area contributed by atoms with E-state index in [0.717, 1.165) is 5.56 Å². The molecule has 4 N–H and O–H groups in total. The molecule has 10 heteroatoms. The van der Waals surface area contributed by atoms with Crippen LogP contribution in [-0.2, 0) is 32.4 Å². The zero-order valence-corrected chi connectivity index (χ0v) is 22.9. The third kappa shape index (κ3) is 8.91. The highest BCUT2D eigenvalue weighted by Gasteiger charge is 2.33. The van der Waals surface area contributed by atoms with Crippen LogP contribution in [0.15, 0.2) is 89.8 Å². The first kappa shape index (κ1) is 29.8. The van der Waals surface area contributed by atoms with Gasteiger partial charge in [-0.05, 0) is 41.8 Å². The highest BCUT2D eigenvalue weighted by Crippen LogP contribution is 2.18. The van der Waals surface area contributed by atoms with Crippen molar-refractivity contribution in [3.8, 4) is 5.75 Å². The van der Waals surface area contributed by atoms with Gasteiger partial charge < -0.3 is 25.8 Å². The summed E-state index contributed by atoms with van der Waals surface area (Å²) >= 11 is 0. The number of benzene rings is 3. The van der Waals surface area contributed by atoms with Gasteiger partial charge in [0.15, 0.2) is 9.84 Å². The van der Waals surface area contributed by atoms with Crippen LogP contribution in [0.1, 0.15) is 18.1 Å². The summed E-state index contributed by atoms with van der Waals surface area (Å²) in [7, 11) is -2.40. The Morgan fingerprint density at radius 2 is 1.59 bits per heavy atom. The Balaban J connectivity index is 1.89. The van der Waals surface area contributed by atoms with Crippen molar-refractivity contribution < 1.29 is 27.9 Å². The normalized spacial score (nSPS) is 13.6. The molecule has 0 fully saturated rings. The van der Waals surface area contributed by atoms with E-state index < -0.39 is 45.6 Å². The number of aliphatic hydroxyl groups excluding tert-OH is 1. The summed E-state index contributed by atoms with van der Waals surface area (Å²) in [5.74, 6) is -1.28. The molecule has 208 valence electrons. The van der Waals surface area contributed by atoms with Crippen LogP contribution in [0.5, 0.6) is 5.75 Å². The zero-order chi connectivity index (χ0) is 28.4. The van der Waals surface area contributed by atoms with E-state index in [1.807, 2.05) is 30.3 Å².